The number of nitrogens with one attached hydrogen (secondary N) is 2. The molecule has 150 valence electrons. The van der Waals surface area contributed by atoms with E-state index >= 15 is 0 Å². The van der Waals surface area contributed by atoms with E-state index in [0.29, 0.717) is 24.8 Å². The van der Waals surface area contributed by atoms with Crippen molar-refractivity contribution < 1.29 is 19.2 Å². The lowest BCUT2D eigenvalue weighted by molar-refractivity contribution is -0.178. The van der Waals surface area contributed by atoms with E-state index in [2.05, 4.69) is 10.9 Å². The van der Waals surface area contributed by atoms with Crippen LogP contribution in [0.5, 0.6) is 0 Å². The van der Waals surface area contributed by atoms with Gasteiger partial charge in [-0.2, -0.15) is 0 Å². The van der Waals surface area contributed by atoms with Crippen LogP contribution in [0.25, 0.3) is 0 Å². The number of fused-ring (bicyclic) bond motifs is 2. The van der Waals surface area contributed by atoms with Gasteiger partial charge in [-0.1, -0.05) is 39.0 Å². The summed E-state index contributed by atoms with van der Waals surface area (Å²) in [5, 5.41) is 0. The number of piperidine rings is 1. The predicted molar refractivity (Wildman–Crippen MR) is 103 cm³/mol. The summed E-state index contributed by atoms with van der Waals surface area (Å²) in [6.45, 7) is 7.19. The minimum atomic E-state index is -0.951. The first kappa shape index (κ1) is 20.0. The smallest absolute Gasteiger partial charge is 0.269 e. The van der Waals surface area contributed by atoms with Crippen LogP contribution in [0.2, 0.25) is 0 Å². The standard InChI is InChI=1S/C21H27N3O4/c1-13-8-6-7-9-14(13)15(25)22-23-16(26)19(2)10-20(3)12-21(4,11-19)18(28)24(5)17(20)27/h6-9H,10-12H2,1-5H3,(H,22,25)(H,23,26). The molecule has 0 spiro atoms. The van der Waals surface area contributed by atoms with Crippen molar-refractivity contribution in [2.24, 2.45) is 16.2 Å². The fourth-order valence-electron chi connectivity index (χ4n) is 5.30. The van der Waals surface area contributed by atoms with Gasteiger partial charge in [0.2, 0.25) is 17.7 Å². The summed E-state index contributed by atoms with van der Waals surface area (Å²) in [5.41, 5.74) is 3.71. The highest BCUT2D eigenvalue weighted by atomic mass is 16.2. The summed E-state index contributed by atoms with van der Waals surface area (Å²) in [5.74, 6) is -1.30. The molecule has 28 heavy (non-hydrogen) atoms. The molecule has 2 bridgehead atoms. The normalized spacial score (nSPS) is 32.1. The van der Waals surface area contributed by atoms with Gasteiger partial charge in [0, 0.05) is 23.4 Å². The number of nitrogens with zero attached hydrogens (tertiary/aromatic N) is 1. The molecule has 0 aromatic heterocycles. The highest BCUT2D eigenvalue weighted by Gasteiger charge is 2.62. The molecule has 2 unspecified atom stereocenters. The molecule has 1 aromatic carbocycles. The van der Waals surface area contributed by atoms with Gasteiger partial charge in [-0.05, 0) is 37.8 Å². The number of rotatable bonds is 2. The van der Waals surface area contributed by atoms with Gasteiger partial charge in [0.25, 0.3) is 5.91 Å². The Hall–Kier alpha value is -2.70. The number of aryl methyl sites for hydroxylation is 1. The second-order valence-electron chi connectivity index (χ2n) is 9.10. The summed E-state index contributed by atoms with van der Waals surface area (Å²) in [6, 6.07) is 7.08. The Morgan fingerprint density at radius 3 is 2.00 bits per heavy atom. The van der Waals surface area contributed by atoms with E-state index in [4.69, 9.17) is 0 Å². The van der Waals surface area contributed by atoms with Crippen LogP contribution in [0, 0.1) is 23.2 Å². The molecule has 1 heterocycles. The predicted octanol–water partition coefficient (Wildman–Crippen LogP) is 1.96. The topological polar surface area (TPSA) is 95.6 Å². The van der Waals surface area contributed by atoms with Gasteiger partial charge in [-0.25, -0.2) is 0 Å². The number of hydrogen-bond donors (Lipinski definition) is 2. The number of benzene rings is 1. The highest BCUT2D eigenvalue weighted by Crippen LogP contribution is 2.58. The molecule has 3 rings (SSSR count). The molecule has 1 saturated heterocycles. The number of hydrogen-bond acceptors (Lipinski definition) is 4. The lowest BCUT2D eigenvalue weighted by atomic mass is 9.51. The molecule has 1 aliphatic carbocycles. The zero-order valence-corrected chi connectivity index (χ0v) is 17.0. The summed E-state index contributed by atoms with van der Waals surface area (Å²) in [4.78, 5) is 52.0. The van der Waals surface area contributed by atoms with Gasteiger partial charge >= 0.3 is 0 Å². The molecule has 2 fully saturated rings. The maximum absolute atomic E-state index is 13.0. The third-order valence-electron chi connectivity index (χ3n) is 6.21. The van der Waals surface area contributed by atoms with Crippen molar-refractivity contribution in [1.29, 1.82) is 0 Å². The molecule has 7 heteroatoms. The Morgan fingerprint density at radius 1 is 0.929 bits per heavy atom. The van der Waals surface area contributed by atoms with Crippen LogP contribution in [0.1, 0.15) is 56.0 Å². The minimum Gasteiger partial charge on any atom is -0.285 e. The Labute approximate surface area is 164 Å². The SMILES string of the molecule is Cc1ccccc1C(=O)NNC(=O)C1(C)CC2(C)CC(C)(C1)C(=O)N(C)C2=O. The van der Waals surface area contributed by atoms with Crippen LogP contribution in [0.3, 0.4) is 0 Å². The number of carbonyl (C=O) groups excluding carboxylic acids is 4. The zero-order chi connectivity index (χ0) is 20.9. The first-order valence-corrected chi connectivity index (χ1v) is 9.41. The first-order valence-electron chi connectivity index (χ1n) is 9.41. The van der Waals surface area contributed by atoms with Gasteiger partial charge in [-0.15, -0.1) is 0 Å². The first-order chi connectivity index (χ1) is 12.9. The third kappa shape index (κ3) is 3.08. The summed E-state index contributed by atoms with van der Waals surface area (Å²) >= 11 is 0. The molecule has 2 atom stereocenters. The van der Waals surface area contributed by atoms with E-state index in [1.807, 2.05) is 32.9 Å². The van der Waals surface area contributed by atoms with E-state index in [9.17, 15) is 19.2 Å². The Morgan fingerprint density at radius 2 is 1.46 bits per heavy atom. The molecule has 1 aliphatic heterocycles. The number of carbonyl (C=O) groups is 4. The van der Waals surface area contributed by atoms with Gasteiger partial charge in [0.15, 0.2) is 0 Å². The maximum Gasteiger partial charge on any atom is 0.269 e. The van der Waals surface area contributed by atoms with E-state index < -0.39 is 28.1 Å². The monoisotopic (exact) mass is 385 g/mol. The van der Waals surface area contributed by atoms with E-state index in [1.165, 1.54) is 11.9 Å². The van der Waals surface area contributed by atoms with Crippen LogP contribution in [-0.4, -0.2) is 35.6 Å². The molecule has 1 aromatic rings. The van der Waals surface area contributed by atoms with Crippen molar-refractivity contribution in [2.45, 2.75) is 47.0 Å². The van der Waals surface area contributed by atoms with Gasteiger partial charge in [0.1, 0.15) is 0 Å². The van der Waals surface area contributed by atoms with Crippen molar-refractivity contribution >= 4 is 23.6 Å². The van der Waals surface area contributed by atoms with E-state index in [-0.39, 0.29) is 11.8 Å². The van der Waals surface area contributed by atoms with Crippen molar-refractivity contribution in [3.8, 4) is 0 Å². The maximum atomic E-state index is 13.0. The van der Waals surface area contributed by atoms with Crippen LogP contribution >= 0.6 is 0 Å². The van der Waals surface area contributed by atoms with Gasteiger partial charge in [-0.3, -0.25) is 34.9 Å². The lowest BCUT2D eigenvalue weighted by Gasteiger charge is -2.55. The number of imide groups is 1. The summed E-state index contributed by atoms with van der Waals surface area (Å²) in [6.07, 6.45) is 1.07. The highest BCUT2D eigenvalue weighted by molar-refractivity contribution is 6.04. The van der Waals surface area contributed by atoms with Gasteiger partial charge in [0.05, 0.1) is 5.41 Å². The molecule has 2 aliphatic rings. The average molecular weight is 385 g/mol. The van der Waals surface area contributed by atoms with Crippen molar-refractivity contribution in [3.05, 3.63) is 35.4 Å². The van der Waals surface area contributed by atoms with Gasteiger partial charge < -0.3 is 0 Å². The fraction of sp³-hybridized carbons (Fsp3) is 0.524. The van der Waals surface area contributed by atoms with E-state index in [0.717, 1.165) is 5.56 Å². The second-order valence-corrected chi connectivity index (χ2v) is 9.10. The number of hydrazine groups is 1. The quantitative estimate of drug-likeness (QED) is 0.601. The molecule has 7 nitrogen and oxygen atoms in total. The molecular weight excluding hydrogens is 358 g/mol. The number of amides is 4. The minimum absolute atomic E-state index is 0.252. The van der Waals surface area contributed by atoms with Crippen LogP contribution in [0.15, 0.2) is 24.3 Å². The fourth-order valence-corrected chi connectivity index (χ4v) is 5.30. The van der Waals surface area contributed by atoms with Crippen molar-refractivity contribution in [1.82, 2.24) is 15.8 Å². The molecule has 4 amide bonds. The van der Waals surface area contributed by atoms with Crippen molar-refractivity contribution in [3.63, 3.8) is 0 Å². The number of likely N-dealkylation sites (tertiary alicyclic amines) is 1. The lowest BCUT2D eigenvalue weighted by Crippen LogP contribution is -2.64. The molecule has 0 radical (unpaired) electrons. The Kier molecular flexibility index (Phi) is 4.60. The average Bonchev–Trinajstić information content (AvgIpc) is 2.62. The van der Waals surface area contributed by atoms with Crippen LogP contribution < -0.4 is 10.9 Å². The second kappa shape index (κ2) is 6.43. The molecule has 1 saturated carbocycles. The third-order valence-corrected chi connectivity index (χ3v) is 6.21. The van der Waals surface area contributed by atoms with E-state index in [1.54, 1.807) is 19.1 Å². The van der Waals surface area contributed by atoms with Crippen molar-refractivity contribution in [2.75, 3.05) is 7.05 Å². The Balaban J connectivity index is 1.78. The zero-order valence-electron chi connectivity index (χ0n) is 17.0. The molecular formula is C21H27N3O4. The van der Waals surface area contributed by atoms with Crippen LogP contribution in [0.4, 0.5) is 0 Å². The van der Waals surface area contributed by atoms with Crippen LogP contribution in [-0.2, 0) is 14.4 Å². The summed E-state index contributed by atoms with van der Waals surface area (Å²) in [7, 11) is 1.51. The Bertz CT molecular complexity index is 850. The summed E-state index contributed by atoms with van der Waals surface area (Å²) < 4.78 is 0. The molecule has 2 N–H and O–H groups in total. The largest absolute Gasteiger partial charge is 0.285 e.